The van der Waals surface area contributed by atoms with Crippen molar-refractivity contribution < 1.29 is 0 Å². The van der Waals surface area contributed by atoms with Crippen molar-refractivity contribution in [3.05, 3.63) is 47.3 Å². The van der Waals surface area contributed by atoms with Crippen molar-refractivity contribution >= 4 is 0 Å². The van der Waals surface area contributed by atoms with Gasteiger partial charge in [0.15, 0.2) is 0 Å². The smallest absolute Gasteiger partial charge is 0.0677 e. The minimum atomic E-state index is 0.859. The zero-order valence-corrected chi connectivity index (χ0v) is 9.99. The summed E-state index contributed by atoms with van der Waals surface area (Å²) in [5.41, 5.74) is 4.83. The highest BCUT2D eigenvalue weighted by Crippen LogP contribution is 2.17. The van der Waals surface area contributed by atoms with Gasteiger partial charge in [0.1, 0.15) is 0 Å². The van der Waals surface area contributed by atoms with E-state index in [1.54, 1.807) is 0 Å². The Hall–Kier alpha value is -1.61. The maximum absolute atomic E-state index is 4.44. The van der Waals surface area contributed by atoms with Crippen molar-refractivity contribution in [2.75, 3.05) is 7.05 Å². The molecule has 3 nitrogen and oxygen atoms in total. The van der Waals surface area contributed by atoms with Gasteiger partial charge in [0.05, 0.1) is 11.9 Å². The fraction of sp³-hybridized carbons (Fsp3) is 0.308. The van der Waals surface area contributed by atoms with Crippen LogP contribution in [0.4, 0.5) is 0 Å². The van der Waals surface area contributed by atoms with E-state index >= 15 is 0 Å². The average molecular weight is 215 g/mol. The minimum Gasteiger partial charge on any atom is -0.316 e. The van der Waals surface area contributed by atoms with E-state index < -0.39 is 0 Å². The lowest BCUT2D eigenvalue weighted by Gasteiger charge is -2.08. The third-order valence-corrected chi connectivity index (χ3v) is 2.82. The largest absolute Gasteiger partial charge is 0.316 e. The summed E-state index contributed by atoms with van der Waals surface area (Å²) < 4.78 is 2.00. The molecule has 0 aliphatic carbocycles. The minimum absolute atomic E-state index is 0.859. The summed E-state index contributed by atoms with van der Waals surface area (Å²) in [6.07, 6.45) is 1.93. The molecule has 0 atom stereocenters. The Morgan fingerprint density at radius 3 is 2.69 bits per heavy atom. The van der Waals surface area contributed by atoms with Crippen LogP contribution in [0.2, 0.25) is 0 Å². The third-order valence-electron chi connectivity index (χ3n) is 2.82. The van der Waals surface area contributed by atoms with E-state index in [2.05, 4.69) is 36.4 Å². The van der Waals surface area contributed by atoms with E-state index in [1.807, 2.05) is 30.1 Å². The summed E-state index contributed by atoms with van der Waals surface area (Å²) in [5.74, 6) is 0. The number of aromatic nitrogens is 2. The predicted molar refractivity (Wildman–Crippen MR) is 65.8 cm³/mol. The van der Waals surface area contributed by atoms with Gasteiger partial charge in [0.2, 0.25) is 0 Å². The number of hydrogen-bond acceptors (Lipinski definition) is 2. The van der Waals surface area contributed by atoms with Crippen molar-refractivity contribution in [3.8, 4) is 5.69 Å². The van der Waals surface area contributed by atoms with Crippen molar-refractivity contribution in [1.29, 1.82) is 0 Å². The highest BCUT2D eigenvalue weighted by molar-refractivity contribution is 5.41. The van der Waals surface area contributed by atoms with Crippen LogP contribution >= 0.6 is 0 Å². The van der Waals surface area contributed by atoms with Crippen LogP contribution in [0.3, 0.4) is 0 Å². The number of aryl methyl sites for hydroxylation is 1. The molecule has 2 aromatic rings. The molecular weight excluding hydrogens is 198 g/mol. The molecule has 0 saturated carbocycles. The van der Waals surface area contributed by atoms with Gasteiger partial charge in [0, 0.05) is 17.8 Å². The molecule has 84 valence electrons. The quantitative estimate of drug-likeness (QED) is 0.850. The van der Waals surface area contributed by atoms with E-state index in [-0.39, 0.29) is 0 Å². The average Bonchev–Trinajstić information content (AvgIpc) is 2.62. The van der Waals surface area contributed by atoms with Gasteiger partial charge in [-0.3, -0.25) is 0 Å². The zero-order valence-electron chi connectivity index (χ0n) is 9.99. The Bertz CT molecular complexity index is 486. The second kappa shape index (κ2) is 4.49. The topological polar surface area (TPSA) is 29.9 Å². The van der Waals surface area contributed by atoms with Gasteiger partial charge < -0.3 is 5.32 Å². The first-order valence-electron chi connectivity index (χ1n) is 5.48. The summed E-state index contributed by atoms with van der Waals surface area (Å²) >= 11 is 0. The summed E-state index contributed by atoms with van der Waals surface area (Å²) in [6, 6.07) is 8.29. The fourth-order valence-corrected chi connectivity index (χ4v) is 1.85. The van der Waals surface area contributed by atoms with E-state index in [0.717, 1.165) is 12.2 Å². The lowest BCUT2D eigenvalue weighted by Crippen LogP contribution is -2.07. The van der Waals surface area contributed by atoms with Crippen LogP contribution in [0.25, 0.3) is 5.69 Å². The highest BCUT2D eigenvalue weighted by Gasteiger charge is 2.08. The Kier molecular flexibility index (Phi) is 3.06. The van der Waals surface area contributed by atoms with Crippen LogP contribution in [0.1, 0.15) is 16.8 Å². The summed E-state index contributed by atoms with van der Waals surface area (Å²) in [5, 5.41) is 7.59. The molecule has 1 N–H and O–H groups in total. The molecule has 0 amide bonds. The Morgan fingerprint density at radius 1 is 1.25 bits per heavy atom. The number of para-hydroxylation sites is 1. The summed E-state index contributed by atoms with van der Waals surface area (Å²) in [7, 11) is 1.95. The zero-order chi connectivity index (χ0) is 11.5. The summed E-state index contributed by atoms with van der Waals surface area (Å²) in [4.78, 5) is 0. The highest BCUT2D eigenvalue weighted by atomic mass is 15.3. The molecule has 0 fully saturated rings. The van der Waals surface area contributed by atoms with Crippen LogP contribution in [0, 0.1) is 13.8 Å². The van der Waals surface area contributed by atoms with Gasteiger partial charge in [0.25, 0.3) is 0 Å². The van der Waals surface area contributed by atoms with Gasteiger partial charge in [-0.1, -0.05) is 18.2 Å². The third kappa shape index (κ3) is 1.86. The molecule has 0 bridgehead atoms. The van der Waals surface area contributed by atoms with Crippen LogP contribution in [-0.4, -0.2) is 16.8 Å². The Balaban J connectivity index is 2.45. The number of hydrogen-bond donors (Lipinski definition) is 1. The molecule has 0 aliphatic heterocycles. The van der Waals surface area contributed by atoms with Gasteiger partial charge >= 0.3 is 0 Å². The molecule has 1 aromatic heterocycles. The van der Waals surface area contributed by atoms with Crippen molar-refractivity contribution in [1.82, 2.24) is 15.1 Å². The standard InChI is InChI=1S/C13H17N3/c1-10-6-4-5-7-13(10)16-11(2)12(8-14-3)9-15-16/h4-7,9,14H,8H2,1-3H3. The molecule has 2 rings (SSSR count). The first-order valence-corrected chi connectivity index (χ1v) is 5.48. The molecule has 0 saturated heterocycles. The second-order valence-electron chi connectivity index (χ2n) is 3.98. The van der Waals surface area contributed by atoms with Gasteiger partial charge in [-0.2, -0.15) is 5.10 Å². The predicted octanol–water partition coefficient (Wildman–Crippen LogP) is 2.21. The van der Waals surface area contributed by atoms with Crippen LogP contribution in [0.5, 0.6) is 0 Å². The van der Waals surface area contributed by atoms with Gasteiger partial charge in [-0.15, -0.1) is 0 Å². The Morgan fingerprint density at radius 2 is 2.00 bits per heavy atom. The maximum atomic E-state index is 4.44. The molecule has 3 heteroatoms. The van der Waals surface area contributed by atoms with Crippen LogP contribution in [0.15, 0.2) is 30.5 Å². The molecular formula is C13H17N3. The Labute approximate surface area is 96.1 Å². The molecule has 0 radical (unpaired) electrons. The molecule has 0 unspecified atom stereocenters. The van der Waals surface area contributed by atoms with E-state index in [9.17, 15) is 0 Å². The number of benzene rings is 1. The maximum Gasteiger partial charge on any atom is 0.0677 e. The number of rotatable bonds is 3. The molecule has 16 heavy (non-hydrogen) atoms. The lowest BCUT2D eigenvalue weighted by molar-refractivity contribution is 0.800. The normalized spacial score (nSPS) is 10.7. The molecule has 0 aliphatic rings. The molecule has 1 aromatic carbocycles. The van der Waals surface area contributed by atoms with Crippen molar-refractivity contribution in [3.63, 3.8) is 0 Å². The van der Waals surface area contributed by atoms with E-state index in [0.29, 0.717) is 0 Å². The van der Waals surface area contributed by atoms with E-state index in [1.165, 1.54) is 16.8 Å². The van der Waals surface area contributed by atoms with E-state index in [4.69, 9.17) is 0 Å². The van der Waals surface area contributed by atoms with Gasteiger partial charge in [-0.05, 0) is 32.5 Å². The first-order chi connectivity index (χ1) is 7.74. The molecule has 1 heterocycles. The first kappa shape index (κ1) is 10.9. The van der Waals surface area contributed by atoms with Crippen molar-refractivity contribution in [2.45, 2.75) is 20.4 Å². The second-order valence-corrected chi connectivity index (χ2v) is 3.98. The number of nitrogens with zero attached hydrogens (tertiary/aromatic N) is 2. The van der Waals surface area contributed by atoms with Crippen molar-refractivity contribution in [2.24, 2.45) is 0 Å². The van der Waals surface area contributed by atoms with Crippen LogP contribution in [-0.2, 0) is 6.54 Å². The molecule has 0 spiro atoms. The summed E-state index contributed by atoms with van der Waals surface area (Å²) in [6.45, 7) is 5.07. The van der Waals surface area contributed by atoms with Gasteiger partial charge in [-0.25, -0.2) is 4.68 Å². The fourth-order valence-electron chi connectivity index (χ4n) is 1.85. The number of nitrogens with one attached hydrogen (secondary N) is 1. The lowest BCUT2D eigenvalue weighted by atomic mass is 10.2. The SMILES string of the molecule is CNCc1cnn(-c2ccccc2C)c1C. The van der Waals surface area contributed by atoms with Crippen LogP contribution < -0.4 is 5.32 Å². The monoisotopic (exact) mass is 215 g/mol.